The van der Waals surface area contributed by atoms with Gasteiger partial charge in [-0.1, -0.05) is 29.8 Å². The van der Waals surface area contributed by atoms with Crippen molar-refractivity contribution in [2.45, 2.75) is 26.3 Å². The number of methoxy groups -OCH3 is 1. The second-order valence-corrected chi connectivity index (χ2v) is 6.51. The van der Waals surface area contributed by atoms with E-state index in [1.165, 1.54) is 5.56 Å². The van der Waals surface area contributed by atoms with Crippen LogP contribution in [0.4, 0.5) is 11.4 Å². The summed E-state index contributed by atoms with van der Waals surface area (Å²) >= 11 is 6.12. The number of ether oxygens (including phenoxy) is 1. The van der Waals surface area contributed by atoms with Crippen LogP contribution < -0.4 is 15.0 Å². The van der Waals surface area contributed by atoms with Crippen LogP contribution in [0.3, 0.4) is 0 Å². The highest BCUT2D eigenvalue weighted by Gasteiger charge is 2.30. The van der Waals surface area contributed by atoms with Crippen molar-refractivity contribution in [1.29, 1.82) is 0 Å². The third-order valence-electron chi connectivity index (χ3n) is 4.39. The fraction of sp³-hybridized carbons (Fsp3) is 0.316. The number of hydrogen-bond donors (Lipinski definition) is 1. The second-order valence-electron chi connectivity index (χ2n) is 6.10. The largest absolute Gasteiger partial charge is 0.495 e. The van der Waals surface area contributed by atoms with Gasteiger partial charge in [0, 0.05) is 22.8 Å². The Labute approximate surface area is 147 Å². The molecule has 0 fully saturated rings. The van der Waals surface area contributed by atoms with Gasteiger partial charge in [0.05, 0.1) is 19.3 Å². The van der Waals surface area contributed by atoms with Crippen LogP contribution in [0.15, 0.2) is 36.4 Å². The molecule has 0 aliphatic carbocycles. The van der Waals surface area contributed by atoms with E-state index >= 15 is 0 Å². The zero-order chi connectivity index (χ0) is 17.3. The number of para-hydroxylation sites is 1. The molecule has 3 rings (SSSR count). The van der Waals surface area contributed by atoms with Gasteiger partial charge in [0.2, 0.25) is 5.91 Å². The topological polar surface area (TPSA) is 41.6 Å². The fourth-order valence-electron chi connectivity index (χ4n) is 3.17. The van der Waals surface area contributed by atoms with Gasteiger partial charge >= 0.3 is 0 Å². The van der Waals surface area contributed by atoms with Crippen molar-refractivity contribution in [2.24, 2.45) is 0 Å². The summed E-state index contributed by atoms with van der Waals surface area (Å²) in [4.78, 5) is 14.6. The van der Waals surface area contributed by atoms with E-state index in [0.717, 1.165) is 23.4 Å². The van der Waals surface area contributed by atoms with Gasteiger partial charge in [-0.2, -0.15) is 0 Å². The summed E-state index contributed by atoms with van der Waals surface area (Å²) in [5, 5.41) is 3.83. The molecule has 5 heteroatoms. The highest BCUT2D eigenvalue weighted by Crippen LogP contribution is 2.33. The lowest BCUT2D eigenvalue weighted by Gasteiger charge is -2.23. The predicted molar refractivity (Wildman–Crippen MR) is 98.3 cm³/mol. The number of aryl methyl sites for hydroxylation is 1. The van der Waals surface area contributed by atoms with Crippen LogP contribution in [0.5, 0.6) is 5.75 Å². The summed E-state index contributed by atoms with van der Waals surface area (Å²) in [6, 6.07) is 11.9. The summed E-state index contributed by atoms with van der Waals surface area (Å²) in [5.41, 5.74) is 3.94. The first-order chi connectivity index (χ1) is 11.5. The van der Waals surface area contributed by atoms with E-state index in [1.54, 1.807) is 13.2 Å². The summed E-state index contributed by atoms with van der Waals surface area (Å²) in [7, 11) is 1.59. The molecule has 0 saturated carbocycles. The molecule has 0 spiro atoms. The van der Waals surface area contributed by atoms with Crippen LogP contribution in [0.25, 0.3) is 0 Å². The monoisotopic (exact) mass is 344 g/mol. The molecule has 24 heavy (non-hydrogen) atoms. The molecular formula is C19H21ClN2O2. The van der Waals surface area contributed by atoms with Gasteiger partial charge in [-0.3, -0.25) is 4.79 Å². The number of rotatable bonds is 4. The maximum atomic E-state index is 12.7. The van der Waals surface area contributed by atoms with Crippen LogP contribution >= 0.6 is 11.6 Å². The molecular weight excluding hydrogens is 324 g/mol. The van der Waals surface area contributed by atoms with E-state index in [0.29, 0.717) is 10.8 Å². The fourth-order valence-corrected chi connectivity index (χ4v) is 3.33. The van der Waals surface area contributed by atoms with Gasteiger partial charge in [0.1, 0.15) is 5.75 Å². The predicted octanol–water partition coefficient (Wildman–Crippen LogP) is 4.05. The molecule has 0 bridgehead atoms. The van der Waals surface area contributed by atoms with E-state index in [2.05, 4.69) is 18.3 Å². The smallest absolute Gasteiger partial charge is 0.246 e. The van der Waals surface area contributed by atoms with Crippen molar-refractivity contribution in [3.05, 3.63) is 52.5 Å². The second kappa shape index (κ2) is 6.73. The number of nitrogens with zero attached hydrogens (tertiary/aromatic N) is 1. The minimum atomic E-state index is 0.0436. The lowest BCUT2D eigenvalue weighted by Crippen LogP contribution is -2.39. The first-order valence-electron chi connectivity index (χ1n) is 7.99. The van der Waals surface area contributed by atoms with Crippen molar-refractivity contribution in [3.63, 3.8) is 0 Å². The average molecular weight is 345 g/mol. The number of hydrogen-bond acceptors (Lipinski definition) is 3. The Morgan fingerprint density at radius 3 is 2.88 bits per heavy atom. The number of halogens is 1. The number of anilines is 2. The van der Waals surface area contributed by atoms with Crippen molar-refractivity contribution in [1.82, 2.24) is 0 Å². The number of nitrogens with one attached hydrogen (secondary N) is 1. The molecule has 1 N–H and O–H groups in total. The molecule has 1 heterocycles. The summed E-state index contributed by atoms with van der Waals surface area (Å²) in [5.74, 6) is 0.676. The molecule has 0 unspecified atom stereocenters. The molecule has 1 aliphatic rings. The Hall–Kier alpha value is -2.20. The highest BCUT2D eigenvalue weighted by atomic mass is 35.5. The number of carbonyl (C=O) groups excluding carboxylic acids is 1. The van der Waals surface area contributed by atoms with Crippen LogP contribution in [0.1, 0.15) is 18.1 Å². The maximum absolute atomic E-state index is 12.7. The standard InChI is InChI=1S/C19H21ClN2O2/c1-12-8-16(18(24-3)10-15(12)20)21-11-19(23)22-13(2)9-14-6-4-5-7-17(14)22/h4-8,10,13,21H,9,11H2,1-3H3/t13-/m0/s1. The van der Waals surface area contributed by atoms with Crippen LogP contribution in [0, 0.1) is 6.92 Å². The molecule has 0 radical (unpaired) electrons. The van der Waals surface area contributed by atoms with Gasteiger partial charge in [-0.15, -0.1) is 0 Å². The van der Waals surface area contributed by atoms with E-state index < -0.39 is 0 Å². The number of amides is 1. The van der Waals surface area contributed by atoms with Crippen molar-refractivity contribution in [3.8, 4) is 5.75 Å². The van der Waals surface area contributed by atoms with Crippen LogP contribution in [-0.2, 0) is 11.2 Å². The minimum absolute atomic E-state index is 0.0436. The lowest BCUT2D eigenvalue weighted by molar-refractivity contribution is -0.117. The van der Waals surface area contributed by atoms with E-state index in [9.17, 15) is 4.79 Å². The molecule has 4 nitrogen and oxygen atoms in total. The molecule has 1 amide bonds. The summed E-state index contributed by atoms with van der Waals surface area (Å²) in [6.45, 7) is 4.20. The molecule has 0 saturated heterocycles. The summed E-state index contributed by atoms with van der Waals surface area (Å²) in [6.07, 6.45) is 0.894. The molecule has 126 valence electrons. The van der Waals surface area contributed by atoms with E-state index in [-0.39, 0.29) is 18.5 Å². The third kappa shape index (κ3) is 3.06. The zero-order valence-corrected chi connectivity index (χ0v) is 14.9. The third-order valence-corrected chi connectivity index (χ3v) is 4.79. The zero-order valence-electron chi connectivity index (χ0n) is 14.1. The van der Waals surface area contributed by atoms with Crippen molar-refractivity contribution < 1.29 is 9.53 Å². The molecule has 1 atom stereocenters. The number of carbonyl (C=O) groups is 1. The molecule has 2 aromatic rings. The first kappa shape index (κ1) is 16.7. The van der Waals surface area contributed by atoms with Crippen molar-refractivity contribution in [2.75, 3.05) is 23.9 Å². The van der Waals surface area contributed by atoms with Gasteiger partial charge in [-0.05, 0) is 43.5 Å². The van der Waals surface area contributed by atoms with Crippen LogP contribution in [0.2, 0.25) is 5.02 Å². The van der Waals surface area contributed by atoms with Gasteiger partial charge in [-0.25, -0.2) is 0 Å². The number of benzene rings is 2. The Kier molecular flexibility index (Phi) is 4.67. The average Bonchev–Trinajstić information content (AvgIpc) is 2.91. The van der Waals surface area contributed by atoms with Gasteiger partial charge < -0.3 is 15.0 Å². The van der Waals surface area contributed by atoms with Crippen molar-refractivity contribution >= 4 is 28.9 Å². The molecule has 2 aromatic carbocycles. The Morgan fingerprint density at radius 2 is 2.12 bits per heavy atom. The normalized spacial score (nSPS) is 16.0. The molecule has 1 aliphatic heterocycles. The van der Waals surface area contributed by atoms with Gasteiger partial charge in [0.25, 0.3) is 0 Å². The lowest BCUT2D eigenvalue weighted by atomic mass is 10.1. The quantitative estimate of drug-likeness (QED) is 0.909. The van der Waals surface area contributed by atoms with E-state index in [4.69, 9.17) is 16.3 Å². The Morgan fingerprint density at radius 1 is 1.38 bits per heavy atom. The minimum Gasteiger partial charge on any atom is -0.495 e. The number of fused-ring (bicyclic) bond motifs is 1. The Bertz CT molecular complexity index is 776. The first-order valence-corrected chi connectivity index (χ1v) is 8.37. The maximum Gasteiger partial charge on any atom is 0.246 e. The Balaban J connectivity index is 1.76. The summed E-state index contributed by atoms with van der Waals surface area (Å²) < 4.78 is 5.34. The van der Waals surface area contributed by atoms with Crippen LogP contribution in [-0.4, -0.2) is 25.6 Å². The highest BCUT2D eigenvalue weighted by molar-refractivity contribution is 6.31. The van der Waals surface area contributed by atoms with Gasteiger partial charge in [0.15, 0.2) is 0 Å². The van der Waals surface area contributed by atoms with E-state index in [1.807, 2.05) is 36.1 Å². The SMILES string of the molecule is COc1cc(Cl)c(C)cc1NCC(=O)N1c2ccccc2C[C@@H]1C. The molecule has 0 aromatic heterocycles.